The molecule has 1 aromatic carbocycles. The van der Waals surface area contributed by atoms with Gasteiger partial charge in [-0.15, -0.1) is 0 Å². The minimum Gasteiger partial charge on any atom is -0.398 e. The minimum atomic E-state index is -4.50. The molecule has 1 aromatic heterocycles. The Labute approximate surface area is 108 Å². The fourth-order valence-corrected chi connectivity index (χ4v) is 1.54. The Morgan fingerprint density at radius 2 is 1.78 bits per heavy atom. The number of aromatic nitrogens is 1. The van der Waals surface area contributed by atoms with Gasteiger partial charge < -0.3 is 5.73 Å². The molecule has 2 rings (SSSR count). The van der Waals surface area contributed by atoms with Gasteiger partial charge in [-0.2, -0.15) is 13.2 Å². The van der Waals surface area contributed by atoms with Gasteiger partial charge in [-0.05, 0) is 24.3 Å². The van der Waals surface area contributed by atoms with E-state index < -0.39 is 11.9 Å². The number of pyridine rings is 1. The van der Waals surface area contributed by atoms with Crippen LogP contribution in [0.5, 0.6) is 0 Å². The van der Waals surface area contributed by atoms with Crippen LogP contribution >= 0.6 is 11.6 Å². The van der Waals surface area contributed by atoms with Crippen LogP contribution in [0.2, 0.25) is 5.02 Å². The third kappa shape index (κ3) is 3.04. The van der Waals surface area contributed by atoms with E-state index in [1.807, 2.05) is 13.8 Å². The van der Waals surface area contributed by atoms with Gasteiger partial charge >= 0.3 is 6.18 Å². The van der Waals surface area contributed by atoms with Crippen molar-refractivity contribution in [3.8, 4) is 0 Å². The SMILES string of the molecule is CC.Nc1cc(C(F)(F)F)nc2ccc(Cl)cc12. The second-order valence-electron chi connectivity index (χ2n) is 3.26. The van der Waals surface area contributed by atoms with Crippen molar-refractivity contribution in [2.45, 2.75) is 20.0 Å². The molecule has 0 radical (unpaired) electrons. The van der Waals surface area contributed by atoms with Crippen LogP contribution in [0.1, 0.15) is 19.5 Å². The van der Waals surface area contributed by atoms with Crippen LogP contribution in [-0.4, -0.2) is 4.98 Å². The van der Waals surface area contributed by atoms with Gasteiger partial charge in [-0.1, -0.05) is 25.4 Å². The second-order valence-corrected chi connectivity index (χ2v) is 3.69. The highest BCUT2D eigenvalue weighted by molar-refractivity contribution is 6.31. The van der Waals surface area contributed by atoms with E-state index in [-0.39, 0.29) is 11.2 Å². The summed E-state index contributed by atoms with van der Waals surface area (Å²) in [4.78, 5) is 3.48. The maximum atomic E-state index is 12.4. The molecule has 18 heavy (non-hydrogen) atoms. The zero-order valence-electron chi connectivity index (χ0n) is 9.85. The lowest BCUT2D eigenvalue weighted by molar-refractivity contribution is -0.140. The molecule has 0 saturated carbocycles. The number of alkyl halides is 3. The molecule has 0 unspecified atom stereocenters. The Morgan fingerprint density at radius 3 is 2.33 bits per heavy atom. The smallest absolute Gasteiger partial charge is 0.398 e. The molecular weight excluding hydrogens is 265 g/mol. The van der Waals surface area contributed by atoms with Crippen molar-refractivity contribution >= 4 is 28.2 Å². The predicted molar refractivity (Wildman–Crippen MR) is 67.5 cm³/mol. The highest BCUT2D eigenvalue weighted by Gasteiger charge is 2.33. The molecule has 2 N–H and O–H groups in total. The van der Waals surface area contributed by atoms with Crippen molar-refractivity contribution in [1.29, 1.82) is 0 Å². The van der Waals surface area contributed by atoms with Gasteiger partial charge in [0.1, 0.15) is 5.69 Å². The fourth-order valence-electron chi connectivity index (χ4n) is 1.37. The lowest BCUT2D eigenvalue weighted by atomic mass is 10.1. The number of hydrogen-bond acceptors (Lipinski definition) is 2. The lowest BCUT2D eigenvalue weighted by Gasteiger charge is -2.09. The largest absolute Gasteiger partial charge is 0.433 e. The number of benzene rings is 1. The summed E-state index contributed by atoms with van der Waals surface area (Å²) in [6.07, 6.45) is -4.50. The van der Waals surface area contributed by atoms with Crippen LogP contribution in [0.3, 0.4) is 0 Å². The second kappa shape index (κ2) is 5.44. The quantitative estimate of drug-likeness (QED) is 0.768. The van der Waals surface area contributed by atoms with Crippen LogP contribution in [0.15, 0.2) is 24.3 Å². The third-order valence-corrected chi connectivity index (χ3v) is 2.33. The summed E-state index contributed by atoms with van der Waals surface area (Å²) in [7, 11) is 0. The fraction of sp³-hybridized carbons (Fsp3) is 0.250. The van der Waals surface area contributed by atoms with Gasteiger partial charge in [0.15, 0.2) is 0 Å². The molecule has 0 spiro atoms. The normalized spacial score (nSPS) is 11.0. The molecule has 6 heteroatoms. The Balaban J connectivity index is 0.000000771. The van der Waals surface area contributed by atoms with Crippen LogP contribution in [0, 0.1) is 0 Å². The van der Waals surface area contributed by atoms with Crippen LogP contribution in [-0.2, 0) is 6.18 Å². The highest BCUT2D eigenvalue weighted by atomic mass is 35.5. The average Bonchev–Trinajstić information content (AvgIpc) is 2.31. The van der Waals surface area contributed by atoms with Crippen LogP contribution in [0.25, 0.3) is 10.9 Å². The number of anilines is 1. The molecule has 2 aromatic rings. The molecule has 0 saturated heterocycles. The summed E-state index contributed by atoms with van der Waals surface area (Å²) in [6.45, 7) is 4.00. The Bertz CT molecular complexity index is 553. The molecule has 0 bridgehead atoms. The minimum absolute atomic E-state index is 0.0137. The molecule has 98 valence electrons. The maximum absolute atomic E-state index is 12.4. The number of rotatable bonds is 0. The summed E-state index contributed by atoms with van der Waals surface area (Å²) in [5.74, 6) is 0. The first kappa shape index (κ1) is 14.6. The summed E-state index contributed by atoms with van der Waals surface area (Å²) in [6, 6.07) is 5.16. The summed E-state index contributed by atoms with van der Waals surface area (Å²) >= 11 is 5.71. The summed E-state index contributed by atoms with van der Waals surface area (Å²) in [5.41, 5.74) is 4.72. The van der Waals surface area contributed by atoms with E-state index in [4.69, 9.17) is 17.3 Å². The standard InChI is InChI=1S/C10H6ClF3N2.C2H6/c11-5-1-2-8-6(3-5)7(15)4-9(16-8)10(12,13)14;1-2/h1-4H,(H2,15,16);1-2H3. The Kier molecular flexibility index (Phi) is 4.40. The van der Waals surface area contributed by atoms with Crippen molar-refractivity contribution in [2.75, 3.05) is 5.73 Å². The van der Waals surface area contributed by atoms with E-state index in [0.717, 1.165) is 6.07 Å². The lowest BCUT2D eigenvalue weighted by Crippen LogP contribution is -2.09. The zero-order chi connectivity index (χ0) is 13.9. The van der Waals surface area contributed by atoms with E-state index in [1.54, 1.807) is 0 Å². The summed E-state index contributed by atoms with van der Waals surface area (Å²) in [5, 5.41) is 0.821. The topological polar surface area (TPSA) is 38.9 Å². The maximum Gasteiger partial charge on any atom is 0.433 e. The van der Waals surface area contributed by atoms with E-state index in [1.165, 1.54) is 18.2 Å². The van der Waals surface area contributed by atoms with Gasteiger partial charge in [0, 0.05) is 16.1 Å². The number of nitrogens with two attached hydrogens (primary N) is 1. The van der Waals surface area contributed by atoms with Gasteiger partial charge in [-0.25, -0.2) is 4.98 Å². The first-order valence-corrected chi connectivity index (χ1v) is 5.69. The molecule has 0 aliphatic heterocycles. The van der Waals surface area contributed by atoms with E-state index in [2.05, 4.69) is 4.98 Å². The van der Waals surface area contributed by atoms with Gasteiger partial charge in [-0.3, -0.25) is 0 Å². The number of hydrogen-bond donors (Lipinski definition) is 1. The molecule has 0 amide bonds. The molecule has 0 atom stereocenters. The van der Waals surface area contributed by atoms with Crippen molar-refractivity contribution < 1.29 is 13.2 Å². The first-order valence-electron chi connectivity index (χ1n) is 5.31. The third-order valence-electron chi connectivity index (χ3n) is 2.09. The van der Waals surface area contributed by atoms with Crippen LogP contribution in [0.4, 0.5) is 18.9 Å². The van der Waals surface area contributed by atoms with Crippen molar-refractivity contribution in [1.82, 2.24) is 4.98 Å². The number of halogens is 4. The predicted octanol–water partition coefficient (Wildman–Crippen LogP) is 4.52. The average molecular weight is 277 g/mol. The van der Waals surface area contributed by atoms with Crippen molar-refractivity contribution in [3.63, 3.8) is 0 Å². The molecule has 0 aliphatic rings. The molecular formula is C12H12ClF3N2. The number of nitrogen functional groups attached to an aromatic ring is 1. The van der Waals surface area contributed by atoms with E-state index in [9.17, 15) is 13.2 Å². The number of nitrogens with zero attached hydrogens (tertiary/aromatic N) is 1. The van der Waals surface area contributed by atoms with E-state index in [0.29, 0.717) is 10.4 Å². The molecule has 1 heterocycles. The van der Waals surface area contributed by atoms with E-state index >= 15 is 0 Å². The van der Waals surface area contributed by atoms with Crippen LogP contribution < -0.4 is 5.73 Å². The van der Waals surface area contributed by atoms with Gasteiger partial charge in [0.05, 0.1) is 5.52 Å². The van der Waals surface area contributed by atoms with Crippen molar-refractivity contribution in [2.24, 2.45) is 0 Å². The highest BCUT2D eigenvalue weighted by Crippen LogP contribution is 2.32. The Hall–Kier alpha value is -1.49. The monoisotopic (exact) mass is 276 g/mol. The van der Waals surface area contributed by atoms with Gasteiger partial charge in [0.2, 0.25) is 0 Å². The molecule has 0 aliphatic carbocycles. The van der Waals surface area contributed by atoms with Crippen molar-refractivity contribution in [3.05, 3.63) is 35.0 Å². The first-order chi connectivity index (χ1) is 8.38. The molecule has 2 nitrogen and oxygen atoms in total. The van der Waals surface area contributed by atoms with Gasteiger partial charge in [0.25, 0.3) is 0 Å². The zero-order valence-corrected chi connectivity index (χ0v) is 10.6. The summed E-state index contributed by atoms with van der Waals surface area (Å²) < 4.78 is 37.3. The number of fused-ring (bicyclic) bond motifs is 1. The molecule has 0 fully saturated rings. The Morgan fingerprint density at radius 1 is 1.17 bits per heavy atom.